The number of benzene rings is 2. The third kappa shape index (κ3) is 5.46. The van der Waals surface area contributed by atoms with E-state index < -0.39 is 0 Å². The number of anilines is 1. The quantitative estimate of drug-likeness (QED) is 0.350. The summed E-state index contributed by atoms with van der Waals surface area (Å²) in [7, 11) is 0. The summed E-state index contributed by atoms with van der Waals surface area (Å²) in [6.45, 7) is 0.618. The molecule has 4 rings (SSSR count). The molecule has 0 bridgehead atoms. The lowest BCUT2D eigenvalue weighted by atomic mass is 10.2. The first-order valence-corrected chi connectivity index (χ1v) is 10.7. The molecule has 0 radical (unpaired) electrons. The molecule has 0 atom stereocenters. The zero-order valence-corrected chi connectivity index (χ0v) is 19.1. The number of carbonyl (C=O) groups excluding carboxylic acids is 1. The fourth-order valence-corrected chi connectivity index (χ4v) is 3.58. The van der Waals surface area contributed by atoms with Crippen LogP contribution in [0.1, 0.15) is 16.1 Å². The van der Waals surface area contributed by atoms with Gasteiger partial charge in [0.2, 0.25) is 0 Å². The van der Waals surface area contributed by atoms with Crippen molar-refractivity contribution in [3.8, 4) is 5.75 Å². The van der Waals surface area contributed by atoms with Crippen molar-refractivity contribution in [1.29, 1.82) is 0 Å². The minimum atomic E-state index is -0.384. The number of hydrogen-bond donors (Lipinski definition) is 1. The molecule has 0 saturated heterocycles. The third-order valence-corrected chi connectivity index (χ3v) is 5.46. The zero-order chi connectivity index (χ0) is 21.8. The second-order valence-electron chi connectivity index (χ2n) is 6.54. The van der Waals surface area contributed by atoms with Crippen molar-refractivity contribution < 1.29 is 9.53 Å². The van der Waals surface area contributed by atoms with Crippen LogP contribution in [0.4, 0.5) is 5.82 Å². The minimum Gasteiger partial charge on any atom is -0.471 e. The molecule has 158 valence electrons. The predicted octanol–water partition coefficient (Wildman–Crippen LogP) is 5.49. The molecule has 0 spiro atoms. The van der Waals surface area contributed by atoms with E-state index in [4.69, 9.17) is 27.9 Å². The molecule has 2 aromatic carbocycles. The Balaban J connectivity index is 1.38. The standard InChI is InChI=1S/C21H16BrCl2N5O2/c22-17-12-29(11-14-4-1-2-7-18(14)24)27-20(17)25-21(30)19-8-9-28(26-19)13-31-16-6-3-5-15(23)10-16/h1-10,12H,11,13H2,(H,25,27,30). The molecule has 7 nitrogen and oxygen atoms in total. The maximum atomic E-state index is 12.6. The van der Waals surface area contributed by atoms with Gasteiger partial charge in [0, 0.05) is 22.4 Å². The molecule has 0 unspecified atom stereocenters. The van der Waals surface area contributed by atoms with Crippen molar-refractivity contribution in [1.82, 2.24) is 19.6 Å². The molecule has 0 aliphatic heterocycles. The lowest BCUT2D eigenvalue weighted by Gasteiger charge is -2.06. The molecule has 4 aromatic rings. The molecule has 1 amide bonds. The van der Waals surface area contributed by atoms with Gasteiger partial charge in [-0.05, 0) is 51.8 Å². The highest BCUT2D eigenvalue weighted by Crippen LogP contribution is 2.23. The molecule has 0 aliphatic carbocycles. The number of nitrogens with zero attached hydrogens (tertiary/aromatic N) is 4. The van der Waals surface area contributed by atoms with Crippen LogP contribution < -0.4 is 10.1 Å². The molecular weight excluding hydrogens is 505 g/mol. The van der Waals surface area contributed by atoms with E-state index in [-0.39, 0.29) is 18.3 Å². The van der Waals surface area contributed by atoms with Crippen molar-refractivity contribution in [3.05, 3.63) is 92.8 Å². The fraction of sp³-hybridized carbons (Fsp3) is 0.0952. The maximum Gasteiger partial charge on any atom is 0.277 e. The molecule has 2 aromatic heterocycles. The molecule has 2 heterocycles. The Morgan fingerprint density at radius 1 is 1.06 bits per heavy atom. The molecular formula is C21H16BrCl2N5O2. The highest BCUT2D eigenvalue weighted by atomic mass is 79.9. The molecule has 0 saturated carbocycles. The van der Waals surface area contributed by atoms with Crippen LogP contribution in [0.2, 0.25) is 10.0 Å². The summed E-state index contributed by atoms with van der Waals surface area (Å²) in [5.41, 5.74) is 1.16. The van der Waals surface area contributed by atoms with Crippen LogP contribution in [0.3, 0.4) is 0 Å². The largest absolute Gasteiger partial charge is 0.471 e. The van der Waals surface area contributed by atoms with E-state index in [2.05, 4.69) is 31.4 Å². The monoisotopic (exact) mass is 519 g/mol. The normalized spacial score (nSPS) is 10.8. The minimum absolute atomic E-state index is 0.143. The number of hydrogen-bond acceptors (Lipinski definition) is 4. The second-order valence-corrected chi connectivity index (χ2v) is 8.24. The summed E-state index contributed by atoms with van der Waals surface area (Å²) in [6.07, 6.45) is 3.43. The van der Waals surface area contributed by atoms with Crippen LogP contribution in [0.15, 0.2) is 71.5 Å². The highest BCUT2D eigenvalue weighted by Gasteiger charge is 2.15. The smallest absolute Gasteiger partial charge is 0.277 e. The average molecular weight is 521 g/mol. The van der Waals surface area contributed by atoms with E-state index in [1.807, 2.05) is 24.3 Å². The van der Waals surface area contributed by atoms with E-state index in [0.29, 0.717) is 32.6 Å². The van der Waals surface area contributed by atoms with Gasteiger partial charge >= 0.3 is 0 Å². The molecule has 0 aliphatic rings. The Bertz CT molecular complexity index is 1220. The van der Waals surface area contributed by atoms with E-state index in [1.165, 1.54) is 4.68 Å². The Morgan fingerprint density at radius 3 is 2.71 bits per heavy atom. The Labute approximate surface area is 196 Å². The van der Waals surface area contributed by atoms with E-state index in [1.54, 1.807) is 47.4 Å². The summed E-state index contributed by atoms with van der Waals surface area (Å²) in [5, 5.41) is 12.6. The summed E-state index contributed by atoms with van der Waals surface area (Å²) in [5.74, 6) is 0.619. The molecule has 0 fully saturated rings. The number of nitrogens with one attached hydrogen (secondary N) is 1. The van der Waals surface area contributed by atoms with Gasteiger partial charge in [-0.15, -0.1) is 0 Å². The van der Waals surface area contributed by atoms with Gasteiger partial charge in [-0.25, -0.2) is 4.68 Å². The molecule has 10 heteroatoms. The highest BCUT2D eigenvalue weighted by molar-refractivity contribution is 9.10. The molecule has 31 heavy (non-hydrogen) atoms. The van der Waals surface area contributed by atoms with Crippen molar-refractivity contribution in [2.75, 3.05) is 5.32 Å². The third-order valence-electron chi connectivity index (χ3n) is 4.27. The second kappa shape index (κ2) is 9.55. The van der Waals surface area contributed by atoms with Gasteiger partial charge in [0.25, 0.3) is 5.91 Å². The zero-order valence-electron chi connectivity index (χ0n) is 16.0. The van der Waals surface area contributed by atoms with Gasteiger partial charge in [-0.3, -0.25) is 9.48 Å². The summed E-state index contributed by atoms with van der Waals surface area (Å²) in [4.78, 5) is 12.6. The molecule has 1 N–H and O–H groups in total. The number of rotatable bonds is 7. The topological polar surface area (TPSA) is 74.0 Å². The first-order valence-electron chi connectivity index (χ1n) is 9.17. The fourth-order valence-electron chi connectivity index (χ4n) is 2.79. The van der Waals surface area contributed by atoms with E-state index >= 15 is 0 Å². The average Bonchev–Trinajstić information content (AvgIpc) is 3.35. The lowest BCUT2D eigenvalue weighted by molar-refractivity contribution is 0.101. The Kier molecular flexibility index (Phi) is 6.60. The lowest BCUT2D eigenvalue weighted by Crippen LogP contribution is -2.15. The van der Waals surface area contributed by atoms with Crippen molar-refractivity contribution >= 4 is 50.9 Å². The summed E-state index contributed by atoms with van der Waals surface area (Å²) < 4.78 is 9.48. The summed E-state index contributed by atoms with van der Waals surface area (Å²) in [6, 6.07) is 16.2. The Hall–Kier alpha value is -2.81. The van der Waals surface area contributed by atoms with Gasteiger partial charge in [-0.2, -0.15) is 10.2 Å². The predicted molar refractivity (Wildman–Crippen MR) is 123 cm³/mol. The number of amides is 1. The number of carbonyl (C=O) groups is 1. The van der Waals surface area contributed by atoms with Crippen LogP contribution in [0, 0.1) is 0 Å². The van der Waals surface area contributed by atoms with Gasteiger partial charge in [-0.1, -0.05) is 47.5 Å². The van der Waals surface area contributed by atoms with Crippen LogP contribution >= 0.6 is 39.1 Å². The van der Waals surface area contributed by atoms with E-state index in [0.717, 1.165) is 5.56 Å². The summed E-state index contributed by atoms with van der Waals surface area (Å²) >= 11 is 15.6. The van der Waals surface area contributed by atoms with Gasteiger partial charge in [0.15, 0.2) is 18.2 Å². The van der Waals surface area contributed by atoms with Gasteiger partial charge < -0.3 is 10.1 Å². The Morgan fingerprint density at radius 2 is 1.90 bits per heavy atom. The van der Waals surface area contributed by atoms with E-state index in [9.17, 15) is 4.79 Å². The van der Waals surface area contributed by atoms with Crippen LogP contribution in [0.5, 0.6) is 5.75 Å². The van der Waals surface area contributed by atoms with Crippen LogP contribution in [-0.2, 0) is 13.3 Å². The number of ether oxygens (including phenoxy) is 1. The first kappa shape index (κ1) is 21.4. The first-order chi connectivity index (χ1) is 15.0. The number of halogens is 3. The van der Waals surface area contributed by atoms with Crippen molar-refractivity contribution in [2.45, 2.75) is 13.3 Å². The van der Waals surface area contributed by atoms with Crippen LogP contribution in [-0.4, -0.2) is 25.5 Å². The maximum absolute atomic E-state index is 12.6. The van der Waals surface area contributed by atoms with Crippen molar-refractivity contribution in [2.24, 2.45) is 0 Å². The number of aromatic nitrogens is 4. The SMILES string of the molecule is O=C(Nc1nn(Cc2ccccc2Cl)cc1Br)c1ccn(COc2cccc(Cl)c2)n1. The van der Waals surface area contributed by atoms with Crippen LogP contribution in [0.25, 0.3) is 0 Å². The van der Waals surface area contributed by atoms with Gasteiger partial charge in [0.1, 0.15) is 5.75 Å². The van der Waals surface area contributed by atoms with Crippen molar-refractivity contribution in [3.63, 3.8) is 0 Å². The van der Waals surface area contributed by atoms with Gasteiger partial charge in [0.05, 0.1) is 11.0 Å².